The molecule has 0 spiro atoms. The minimum absolute atomic E-state index is 0.196. The Morgan fingerprint density at radius 3 is 2.88 bits per heavy atom. The van der Waals surface area contributed by atoms with Crippen LogP contribution < -0.4 is 0 Å². The lowest BCUT2D eigenvalue weighted by atomic mass is 10.2. The largest absolute Gasteiger partial charge is 0.330 e. The van der Waals surface area contributed by atoms with Crippen LogP contribution in [0.3, 0.4) is 0 Å². The maximum atomic E-state index is 13.5. The summed E-state index contributed by atoms with van der Waals surface area (Å²) in [5.41, 5.74) is 2.40. The molecule has 0 bridgehead atoms. The van der Waals surface area contributed by atoms with E-state index < -0.39 is 0 Å². The highest BCUT2D eigenvalue weighted by Gasteiger charge is 2.10. The molecule has 0 saturated carbocycles. The summed E-state index contributed by atoms with van der Waals surface area (Å²) in [6.45, 7) is 4.76. The van der Waals surface area contributed by atoms with Crippen LogP contribution in [0.15, 0.2) is 12.1 Å². The van der Waals surface area contributed by atoms with Crippen LogP contribution in [0.2, 0.25) is 0 Å². The van der Waals surface area contributed by atoms with Gasteiger partial charge in [-0.25, -0.2) is 4.39 Å². The molecule has 1 aromatic heterocycles. The monoisotopic (exact) mass is 270 g/mol. The van der Waals surface area contributed by atoms with E-state index in [1.54, 1.807) is 18.7 Å². The van der Waals surface area contributed by atoms with E-state index in [0.29, 0.717) is 15.6 Å². The molecule has 1 N–H and O–H groups in total. The van der Waals surface area contributed by atoms with Crippen LogP contribution in [-0.4, -0.2) is 21.1 Å². The summed E-state index contributed by atoms with van der Waals surface area (Å²) in [7, 11) is 0. The maximum absolute atomic E-state index is 13.5. The van der Waals surface area contributed by atoms with Gasteiger partial charge in [-0.15, -0.1) is 0 Å². The van der Waals surface area contributed by atoms with Gasteiger partial charge >= 0.3 is 0 Å². The Kier molecular flexibility index (Phi) is 3.58. The molecule has 0 aliphatic carbocycles. The second kappa shape index (κ2) is 4.82. The number of nitrogens with one attached hydrogen (secondary N) is 1. The van der Waals surface area contributed by atoms with E-state index in [0.717, 1.165) is 17.6 Å². The van der Waals surface area contributed by atoms with Crippen molar-refractivity contribution in [2.75, 3.05) is 6.26 Å². The molecule has 1 aromatic carbocycles. The molecule has 1 atom stereocenters. The molecule has 0 radical (unpaired) electrons. The molecule has 2 rings (SSSR count). The van der Waals surface area contributed by atoms with Crippen LogP contribution in [0, 0.1) is 17.5 Å². The van der Waals surface area contributed by atoms with Gasteiger partial charge < -0.3 is 9.55 Å². The third kappa shape index (κ3) is 2.40. The van der Waals surface area contributed by atoms with E-state index in [1.165, 1.54) is 6.07 Å². The zero-order valence-corrected chi connectivity index (χ0v) is 11.7. The fourth-order valence-electron chi connectivity index (χ4n) is 1.79. The van der Waals surface area contributed by atoms with Crippen molar-refractivity contribution in [2.24, 2.45) is 0 Å². The quantitative estimate of drug-likeness (QED) is 0.854. The van der Waals surface area contributed by atoms with E-state index in [2.05, 4.69) is 18.2 Å². The standard InChI is InChI=1S/C12H15FN2S2/c1-7-4-11-10(5-9(7)13)14-12(16)15(11)6-8(2)17-3/h4-5,8H,6H2,1-3H3,(H,14,16). The number of hydrogen-bond acceptors (Lipinski definition) is 2. The highest BCUT2D eigenvalue weighted by Crippen LogP contribution is 2.20. The first-order valence-corrected chi connectivity index (χ1v) is 7.14. The van der Waals surface area contributed by atoms with Crippen molar-refractivity contribution in [1.29, 1.82) is 0 Å². The number of benzene rings is 1. The molecule has 0 aliphatic heterocycles. The summed E-state index contributed by atoms with van der Waals surface area (Å²) < 4.78 is 16.1. The van der Waals surface area contributed by atoms with Gasteiger partial charge in [-0.3, -0.25) is 0 Å². The molecule has 2 aromatic rings. The minimum Gasteiger partial charge on any atom is -0.330 e. The predicted octanol–water partition coefficient (Wildman–Crippen LogP) is 3.90. The molecule has 0 amide bonds. The maximum Gasteiger partial charge on any atom is 0.178 e. The Labute approximate surface area is 109 Å². The van der Waals surface area contributed by atoms with Gasteiger partial charge in [0.1, 0.15) is 5.82 Å². The number of imidazole rings is 1. The van der Waals surface area contributed by atoms with Crippen LogP contribution in [0.5, 0.6) is 0 Å². The second-order valence-corrected chi connectivity index (χ2v) is 5.87. The Balaban J connectivity index is 2.58. The van der Waals surface area contributed by atoms with Gasteiger partial charge in [0.2, 0.25) is 0 Å². The molecule has 0 saturated heterocycles. The number of fused-ring (bicyclic) bond motifs is 1. The molecule has 92 valence electrons. The van der Waals surface area contributed by atoms with Crippen LogP contribution in [0.4, 0.5) is 4.39 Å². The molecule has 2 nitrogen and oxygen atoms in total. The summed E-state index contributed by atoms with van der Waals surface area (Å²) >= 11 is 7.07. The van der Waals surface area contributed by atoms with Gasteiger partial charge in [0.25, 0.3) is 0 Å². The Morgan fingerprint density at radius 1 is 1.53 bits per heavy atom. The van der Waals surface area contributed by atoms with Crippen LogP contribution in [0.1, 0.15) is 12.5 Å². The van der Waals surface area contributed by atoms with Crippen molar-refractivity contribution < 1.29 is 4.39 Å². The fraction of sp³-hybridized carbons (Fsp3) is 0.417. The highest BCUT2D eigenvalue weighted by atomic mass is 32.2. The molecule has 5 heteroatoms. The fourth-order valence-corrected chi connectivity index (χ4v) is 2.38. The lowest BCUT2D eigenvalue weighted by Crippen LogP contribution is -2.08. The van der Waals surface area contributed by atoms with Gasteiger partial charge in [-0.1, -0.05) is 6.92 Å². The Morgan fingerprint density at radius 2 is 2.24 bits per heavy atom. The van der Waals surface area contributed by atoms with E-state index in [1.807, 2.05) is 10.6 Å². The number of hydrogen-bond donors (Lipinski definition) is 1. The predicted molar refractivity (Wildman–Crippen MR) is 74.8 cm³/mol. The number of nitrogens with zero attached hydrogens (tertiary/aromatic N) is 1. The van der Waals surface area contributed by atoms with Gasteiger partial charge in [-0.2, -0.15) is 11.8 Å². The Bertz CT molecular complexity index is 600. The SMILES string of the molecule is CSC(C)Cn1c(=S)[nH]c2cc(F)c(C)cc21. The number of aromatic amines is 1. The van der Waals surface area contributed by atoms with Crippen molar-refractivity contribution in [3.8, 4) is 0 Å². The van der Waals surface area contributed by atoms with Gasteiger partial charge in [0.15, 0.2) is 4.77 Å². The van der Waals surface area contributed by atoms with Gasteiger partial charge in [0.05, 0.1) is 11.0 Å². The van der Waals surface area contributed by atoms with Crippen LogP contribution >= 0.6 is 24.0 Å². The zero-order chi connectivity index (χ0) is 12.6. The number of thioether (sulfide) groups is 1. The normalized spacial score (nSPS) is 13.2. The molecular weight excluding hydrogens is 255 g/mol. The summed E-state index contributed by atoms with van der Waals surface area (Å²) in [5, 5.41) is 0.478. The number of rotatable bonds is 3. The number of H-pyrrole nitrogens is 1. The van der Waals surface area contributed by atoms with Gasteiger partial charge in [0, 0.05) is 11.8 Å². The topological polar surface area (TPSA) is 20.7 Å². The molecule has 1 heterocycles. The minimum atomic E-state index is -0.196. The van der Waals surface area contributed by atoms with E-state index in [-0.39, 0.29) is 5.82 Å². The van der Waals surface area contributed by atoms with Crippen LogP contribution in [-0.2, 0) is 6.54 Å². The Hall–Kier alpha value is -0.810. The average molecular weight is 270 g/mol. The van der Waals surface area contributed by atoms with E-state index >= 15 is 0 Å². The smallest absolute Gasteiger partial charge is 0.178 e. The van der Waals surface area contributed by atoms with Crippen molar-refractivity contribution in [1.82, 2.24) is 9.55 Å². The molecule has 1 unspecified atom stereocenters. The molecule has 0 fully saturated rings. The van der Waals surface area contributed by atoms with E-state index in [4.69, 9.17) is 12.2 Å². The number of aryl methyl sites for hydroxylation is 1. The molecule has 17 heavy (non-hydrogen) atoms. The van der Waals surface area contributed by atoms with Crippen LogP contribution in [0.25, 0.3) is 11.0 Å². The third-order valence-corrected chi connectivity index (χ3v) is 4.17. The van der Waals surface area contributed by atoms with E-state index in [9.17, 15) is 4.39 Å². The first kappa shape index (κ1) is 12.6. The number of halogens is 1. The summed E-state index contributed by atoms with van der Waals surface area (Å²) in [6, 6.07) is 3.37. The molecular formula is C12H15FN2S2. The number of aromatic nitrogens is 2. The first-order chi connectivity index (χ1) is 8.02. The second-order valence-electron chi connectivity index (χ2n) is 4.21. The van der Waals surface area contributed by atoms with Gasteiger partial charge in [-0.05, 0) is 43.1 Å². The highest BCUT2D eigenvalue weighted by molar-refractivity contribution is 7.99. The average Bonchev–Trinajstić information content (AvgIpc) is 2.56. The first-order valence-electron chi connectivity index (χ1n) is 5.44. The zero-order valence-electron chi connectivity index (χ0n) is 10.1. The summed E-state index contributed by atoms with van der Waals surface area (Å²) in [5.74, 6) is -0.196. The van der Waals surface area contributed by atoms with Crippen molar-refractivity contribution in [3.63, 3.8) is 0 Å². The van der Waals surface area contributed by atoms with Crippen molar-refractivity contribution in [2.45, 2.75) is 25.6 Å². The van der Waals surface area contributed by atoms with Crippen molar-refractivity contribution in [3.05, 3.63) is 28.3 Å². The lowest BCUT2D eigenvalue weighted by molar-refractivity contribution is 0.620. The summed E-state index contributed by atoms with van der Waals surface area (Å²) in [4.78, 5) is 3.05. The molecule has 0 aliphatic rings. The lowest BCUT2D eigenvalue weighted by Gasteiger charge is -2.10. The van der Waals surface area contributed by atoms with Crippen molar-refractivity contribution >= 4 is 35.0 Å². The third-order valence-electron chi connectivity index (χ3n) is 2.90. The summed E-state index contributed by atoms with van der Waals surface area (Å²) in [6.07, 6.45) is 2.08.